The third kappa shape index (κ3) is 3.07. The van der Waals surface area contributed by atoms with Gasteiger partial charge in [-0.1, -0.05) is 12.1 Å². The molecule has 0 aliphatic carbocycles. The van der Waals surface area contributed by atoms with Gasteiger partial charge in [-0.3, -0.25) is 14.6 Å². The Morgan fingerprint density at radius 2 is 1.91 bits per heavy atom. The van der Waals surface area contributed by atoms with E-state index in [4.69, 9.17) is 9.79 Å². The van der Waals surface area contributed by atoms with Crippen molar-refractivity contribution in [2.45, 2.75) is 0 Å². The quantitative estimate of drug-likeness (QED) is 0.590. The summed E-state index contributed by atoms with van der Waals surface area (Å²) in [6, 6.07) is 9.56. The first-order valence-electron chi connectivity index (χ1n) is 6.26. The second-order valence-corrected chi connectivity index (χ2v) is 5.73. The van der Waals surface area contributed by atoms with Crippen LogP contribution in [0.4, 0.5) is 5.82 Å². The van der Waals surface area contributed by atoms with E-state index in [1.165, 1.54) is 12.1 Å². The Labute approximate surface area is 125 Å². The van der Waals surface area contributed by atoms with Gasteiger partial charge in [-0.15, -0.1) is 0 Å². The molecule has 3 rings (SSSR count). The predicted octanol–water partition coefficient (Wildman–Crippen LogP) is 2.05. The number of aromatic nitrogens is 1. The van der Waals surface area contributed by atoms with E-state index in [0.29, 0.717) is 22.5 Å². The Balaban J connectivity index is 1.90. The second-order valence-electron chi connectivity index (χ2n) is 4.56. The molecule has 1 amide bonds. The molecule has 1 aliphatic rings. The van der Waals surface area contributed by atoms with E-state index in [1.807, 2.05) is 0 Å². The van der Waals surface area contributed by atoms with Crippen molar-refractivity contribution in [3.05, 3.63) is 53.7 Å². The van der Waals surface area contributed by atoms with Crippen LogP contribution in [0.3, 0.4) is 0 Å². The van der Waals surface area contributed by atoms with Crippen LogP contribution in [0.1, 0.15) is 11.1 Å². The number of phosphoric ester groups is 1. The molecule has 0 spiro atoms. The number of benzene rings is 1. The highest BCUT2D eigenvalue weighted by Gasteiger charge is 2.24. The molecule has 8 heteroatoms. The highest BCUT2D eigenvalue weighted by Crippen LogP contribution is 2.37. The van der Waals surface area contributed by atoms with Crippen LogP contribution in [0.25, 0.3) is 11.6 Å². The number of carbonyl (C=O) groups is 1. The summed E-state index contributed by atoms with van der Waals surface area (Å²) in [6.45, 7) is 0. The summed E-state index contributed by atoms with van der Waals surface area (Å²) in [5, 5.41) is 2.66. The van der Waals surface area contributed by atoms with Gasteiger partial charge >= 0.3 is 7.82 Å². The Bertz CT molecular complexity index is 810. The topological polar surface area (TPSA) is 109 Å². The van der Waals surface area contributed by atoms with Crippen molar-refractivity contribution < 1.29 is 23.7 Å². The second kappa shape index (κ2) is 5.38. The molecule has 7 nitrogen and oxygen atoms in total. The van der Waals surface area contributed by atoms with Crippen LogP contribution in [-0.4, -0.2) is 20.7 Å². The zero-order chi connectivity index (χ0) is 15.7. The molecule has 1 aromatic heterocycles. The van der Waals surface area contributed by atoms with E-state index in [9.17, 15) is 9.36 Å². The van der Waals surface area contributed by atoms with E-state index < -0.39 is 7.82 Å². The standard InChI is InChI=1S/C14H11N2O5P/c17-14-12(11-2-1-7-15-13(11)16-14)8-9-3-5-10(6-4-9)21-22(18,19)20/h1-8H,(H,15,16,17)(H2,18,19,20). The highest BCUT2D eigenvalue weighted by atomic mass is 31.2. The number of carbonyl (C=O) groups excluding carboxylic acids is 1. The molecular formula is C14H11N2O5P. The first kappa shape index (κ1) is 14.5. The Morgan fingerprint density at radius 1 is 1.18 bits per heavy atom. The molecule has 2 aromatic rings. The average molecular weight is 318 g/mol. The van der Waals surface area contributed by atoms with E-state index >= 15 is 0 Å². The molecule has 0 unspecified atom stereocenters. The fraction of sp³-hybridized carbons (Fsp3) is 0. The maximum atomic E-state index is 11.9. The van der Waals surface area contributed by atoms with Crippen molar-refractivity contribution in [3.8, 4) is 5.75 Å². The van der Waals surface area contributed by atoms with Gasteiger partial charge in [0.2, 0.25) is 0 Å². The van der Waals surface area contributed by atoms with Gasteiger partial charge in [0.15, 0.2) is 0 Å². The summed E-state index contributed by atoms with van der Waals surface area (Å²) in [6.07, 6.45) is 3.26. The van der Waals surface area contributed by atoms with Crippen molar-refractivity contribution in [1.82, 2.24) is 4.98 Å². The van der Waals surface area contributed by atoms with Crippen molar-refractivity contribution >= 4 is 31.2 Å². The molecule has 0 saturated heterocycles. The number of hydrogen-bond acceptors (Lipinski definition) is 4. The number of amides is 1. The van der Waals surface area contributed by atoms with Crippen molar-refractivity contribution in [1.29, 1.82) is 0 Å². The molecule has 0 saturated carbocycles. The molecule has 0 bridgehead atoms. The van der Waals surface area contributed by atoms with Gasteiger partial charge in [0.1, 0.15) is 11.6 Å². The minimum absolute atomic E-state index is 0.0495. The van der Waals surface area contributed by atoms with Crippen LogP contribution >= 0.6 is 7.82 Å². The molecule has 22 heavy (non-hydrogen) atoms. The molecule has 0 radical (unpaired) electrons. The summed E-state index contributed by atoms with van der Waals surface area (Å²) in [4.78, 5) is 33.5. The fourth-order valence-electron chi connectivity index (χ4n) is 2.09. The number of fused-ring (bicyclic) bond motifs is 1. The normalized spacial score (nSPS) is 15.5. The molecule has 0 fully saturated rings. The smallest absolute Gasteiger partial charge is 0.404 e. The van der Waals surface area contributed by atoms with Gasteiger partial charge in [-0.2, -0.15) is 0 Å². The molecular weight excluding hydrogens is 307 g/mol. The van der Waals surface area contributed by atoms with E-state index in [1.54, 1.807) is 36.5 Å². The summed E-state index contributed by atoms with van der Waals surface area (Å²) in [5.74, 6) is 0.317. The van der Waals surface area contributed by atoms with Crippen LogP contribution in [0.5, 0.6) is 5.75 Å². The van der Waals surface area contributed by atoms with E-state index in [2.05, 4.69) is 14.8 Å². The van der Waals surface area contributed by atoms with Gasteiger partial charge in [0, 0.05) is 11.8 Å². The third-order valence-corrected chi connectivity index (χ3v) is 3.44. The monoisotopic (exact) mass is 318 g/mol. The predicted molar refractivity (Wildman–Crippen MR) is 79.9 cm³/mol. The largest absolute Gasteiger partial charge is 0.524 e. The number of anilines is 1. The maximum Gasteiger partial charge on any atom is 0.524 e. The lowest BCUT2D eigenvalue weighted by molar-refractivity contribution is -0.110. The summed E-state index contributed by atoms with van der Waals surface area (Å²) in [5.41, 5.74) is 1.88. The number of nitrogens with one attached hydrogen (secondary N) is 1. The number of rotatable bonds is 3. The first-order valence-corrected chi connectivity index (χ1v) is 7.79. The van der Waals surface area contributed by atoms with Crippen molar-refractivity contribution in [2.24, 2.45) is 0 Å². The Morgan fingerprint density at radius 3 is 2.59 bits per heavy atom. The lowest BCUT2D eigenvalue weighted by Crippen LogP contribution is -2.04. The number of hydrogen-bond donors (Lipinski definition) is 3. The van der Waals surface area contributed by atoms with Gasteiger partial charge in [0.05, 0.1) is 5.57 Å². The molecule has 2 heterocycles. The molecule has 112 valence electrons. The van der Waals surface area contributed by atoms with Gasteiger partial charge < -0.3 is 9.84 Å². The number of nitrogens with zero attached hydrogens (tertiary/aromatic N) is 1. The zero-order valence-corrected chi connectivity index (χ0v) is 12.0. The van der Waals surface area contributed by atoms with E-state index in [-0.39, 0.29) is 11.7 Å². The van der Waals surface area contributed by atoms with Crippen LogP contribution in [0, 0.1) is 0 Å². The fourth-order valence-corrected chi connectivity index (χ4v) is 2.49. The molecule has 0 atom stereocenters. The molecule has 3 N–H and O–H groups in total. The average Bonchev–Trinajstić information content (AvgIpc) is 2.76. The van der Waals surface area contributed by atoms with Crippen molar-refractivity contribution in [2.75, 3.05) is 5.32 Å². The zero-order valence-electron chi connectivity index (χ0n) is 11.1. The Hall–Kier alpha value is -2.47. The van der Waals surface area contributed by atoms with Crippen molar-refractivity contribution in [3.63, 3.8) is 0 Å². The van der Waals surface area contributed by atoms with Gasteiger partial charge in [0.25, 0.3) is 5.91 Å². The third-order valence-electron chi connectivity index (χ3n) is 2.99. The number of phosphoric acid groups is 1. The van der Waals surface area contributed by atoms with Crippen LogP contribution in [-0.2, 0) is 9.36 Å². The summed E-state index contributed by atoms with van der Waals surface area (Å²) in [7, 11) is -4.57. The highest BCUT2D eigenvalue weighted by molar-refractivity contribution is 7.46. The van der Waals surface area contributed by atoms with Crippen LogP contribution < -0.4 is 9.84 Å². The summed E-state index contributed by atoms with van der Waals surface area (Å²) >= 11 is 0. The minimum atomic E-state index is -4.57. The lowest BCUT2D eigenvalue weighted by atomic mass is 10.1. The van der Waals surface area contributed by atoms with Crippen LogP contribution in [0.15, 0.2) is 42.6 Å². The summed E-state index contributed by atoms with van der Waals surface area (Å²) < 4.78 is 15.2. The lowest BCUT2D eigenvalue weighted by Gasteiger charge is -2.06. The maximum absolute atomic E-state index is 11.9. The minimum Gasteiger partial charge on any atom is -0.404 e. The van der Waals surface area contributed by atoms with Crippen LogP contribution in [0.2, 0.25) is 0 Å². The Kier molecular flexibility index (Phi) is 3.54. The molecule has 1 aliphatic heterocycles. The SMILES string of the molecule is O=C1Nc2ncccc2C1=Cc1ccc(OP(=O)(O)O)cc1. The van der Waals surface area contributed by atoms with Gasteiger partial charge in [-0.25, -0.2) is 9.55 Å². The number of pyridine rings is 1. The van der Waals surface area contributed by atoms with E-state index in [0.717, 1.165) is 0 Å². The van der Waals surface area contributed by atoms with Gasteiger partial charge in [-0.05, 0) is 35.9 Å². The first-order chi connectivity index (χ1) is 10.4. The molecule has 1 aromatic carbocycles.